The van der Waals surface area contributed by atoms with E-state index < -0.39 is 66.4 Å². The van der Waals surface area contributed by atoms with Crippen molar-refractivity contribution in [3.63, 3.8) is 0 Å². The molecule has 0 spiro atoms. The highest BCUT2D eigenvalue weighted by molar-refractivity contribution is 5.00. The van der Waals surface area contributed by atoms with Gasteiger partial charge < -0.3 is 24.4 Å². The molecule has 2 unspecified atom stereocenters. The molecule has 14 heteroatoms. The molecule has 0 heterocycles. The molecule has 0 aliphatic rings. The van der Waals surface area contributed by atoms with Crippen LogP contribution in [-0.2, 0) is 14.2 Å². The van der Waals surface area contributed by atoms with Crippen LogP contribution in [0.15, 0.2) is 0 Å². The largest absolute Gasteiger partial charge is 0.460 e. The summed E-state index contributed by atoms with van der Waals surface area (Å²) in [5, 5.41) is 19.0. The lowest BCUT2D eigenvalue weighted by Gasteiger charge is -2.34. The van der Waals surface area contributed by atoms with E-state index in [1.807, 2.05) is 27.7 Å². The molecule has 0 saturated heterocycles. The fourth-order valence-electron chi connectivity index (χ4n) is 2.67. The fourth-order valence-corrected chi connectivity index (χ4v) is 2.67. The summed E-state index contributed by atoms with van der Waals surface area (Å²) in [7, 11) is 0. The maximum atomic E-state index is 13.6. The zero-order valence-corrected chi connectivity index (χ0v) is 21.1. The predicted molar refractivity (Wildman–Crippen MR) is 112 cm³/mol. The topological polar surface area (TPSA) is 68.2 Å². The predicted octanol–water partition coefficient (Wildman–Crippen LogP) is 5.33. The van der Waals surface area contributed by atoms with Crippen molar-refractivity contribution in [3.8, 4) is 0 Å². The number of hydrogen-bond donors (Lipinski definition) is 2. The average molecular weight is 553 g/mol. The standard InChI is InChI=1S/C22H37F9O5/c1-6-17(4,9-32)13-35-11-16(2,3)12-36-15-18(5,10-33)14-34-8-7-19(23,24)20(25,26)21(27,28)22(29,30)31/h32-33H,6-15H2,1-5H3. The molecule has 0 rings (SSSR count). The van der Waals surface area contributed by atoms with Crippen molar-refractivity contribution in [2.75, 3.05) is 52.9 Å². The first-order valence-electron chi connectivity index (χ1n) is 11.2. The highest BCUT2D eigenvalue weighted by Crippen LogP contribution is 2.54. The monoisotopic (exact) mass is 552 g/mol. The Hall–Kier alpha value is -0.830. The number of halogens is 9. The third kappa shape index (κ3) is 9.48. The lowest BCUT2D eigenvalue weighted by Crippen LogP contribution is -2.61. The minimum Gasteiger partial charge on any atom is -0.396 e. The Labute approximate surface area is 205 Å². The van der Waals surface area contributed by atoms with Crippen molar-refractivity contribution >= 4 is 0 Å². The van der Waals surface area contributed by atoms with Gasteiger partial charge in [0.05, 0.1) is 52.9 Å². The van der Waals surface area contributed by atoms with Crippen LogP contribution in [0.3, 0.4) is 0 Å². The molecule has 0 radical (unpaired) electrons. The third-order valence-corrected chi connectivity index (χ3v) is 5.72. The Balaban J connectivity index is 4.74. The summed E-state index contributed by atoms with van der Waals surface area (Å²) in [6.45, 7) is 6.92. The van der Waals surface area contributed by atoms with Crippen LogP contribution in [-0.4, -0.2) is 87.0 Å². The average Bonchev–Trinajstić information content (AvgIpc) is 2.75. The molecule has 0 aromatic rings. The molecule has 218 valence electrons. The summed E-state index contributed by atoms with van der Waals surface area (Å²) in [4.78, 5) is 0. The van der Waals surface area contributed by atoms with Gasteiger partial charge in [-0.05, 0) is 6.42 Å². The number of hydrogen-bond acceptors (Lipinski definition) is 5. The van der Waals surface area contributed by atoms with Gasteiger partial charge in [-0.15, -0.1) is 0 Å². The number of ether oxygens (including phenoxy) is 3. The van der Waals surface area contributed by atoms with Crippen LogP contribution in [0.25, 0.3) is 0 Å². The fraction of sp³-hybridized carbons (Fsp3) is 1.00. The molecule has 0 aliphatic carbocycles. The molecule has 0 amide bonds. The van der Waals surface area contributed by atoms with Gasteiger partial charge in [-0.3, -0.25) is 0 Å². The maximum Gasteiger partial charge on any atom is 0.460 e. The molecular formula is C22H37F9O5. The van der Waals surface area contributed by atoms with Crippen LogP contribution in [0.4, 0.5) is 39.5 Å². The number of aliphatic hydroxyl groups is 2. The van der Waals surface area contributed by atoms with Gasteiger partial charge in [-0.25, -0.2) is 0 Å². The second-order valence-corrected chi connectivity index (χ2v) is 10.6. The van der Waals surface area contributed by atoms with Crippen LogP contribution >= 0.6 is 0 Å². The third-order valence-electron chi connectivity index (χ3n) is 5.72. The molecule has 0 aliphatic heterocycles. The van der Waals surface area contributed by atoms with Gasteiger partial charge in [0.2, 0.25) is 0 Å². The van der Waals surface area contributed by atoms with Gasteiger partial charge in [-0.2, -0.15) is 39.5 Å². The van der Waals surface area contributed by atoms with Gasteiger partial charge in [0, 0.05) is 22.7 Å². The second-order valence-electron chi connectivity index (χ2n) is 10.6. The Morgan fingerprint density at radius 1 is 0.583 bits per heavy atom. The summed E-state index contributed by atoms with van der Waals surface area (Å²) in [5.41, 5.74) is -2.10. The highest BCUT2D eigenvalue weighted by Gasteiger charge is 2.81. The summed E-state index contributed by atoms with van der Waals surface area (Å²) >= 11 is 0. The Morgan fingerprint density at radius 3 is 1.39 bits per heavy atom. The molecule has 0 fully saturated rings. The Morgan fingerprint density at radius 2 is 1.00 bits per heavy atom. The lowest BCUT2D eigenvalue weighted by molar-refractivity contribution is -0.397. The van der Waals surface area contributed by atoms with E-state index in [0.717, 1.165) is 0 Å². The van der Waals surface area contributed by atoms with Gasteiger partial charge in [0.1, 0.15) is 0 Å². The summed E-state index contributed by atoms with van der Waals surface area (Å²) in [6.07, 6.45) is -8.28. The van der Waals surface area contributed by atoms with E-state index in [1.54, 1.807) is 0 Å². The Kier molecular flexibility index (Phi) is 12.5. The summed E-state index contributed by atoms with van der Waals surface area (Å²) in [6, 6.07) is 0. The van der Waals surface area contributed by atoms with Gasteiger partial charge in [0.25, 0.3) is 0 Å². The van der Waals surface area contributed by atoms with E-state index in [-0.39, 0.29) is 26.4 Å². The number of rotatable bonds is 18. The maximum absolute atomic E-state index is 13.6. The molecule has 0 aromatic carbocycles. The van der Waals surface area contributed by atoms with E-state index in [9.17, 15) is 49.7 Å². The quantitative estimate of drug-likeness (QED) is 0.178. The molecule has 2 atom stereocenters. The normalized spacial score (nSPS) is 17.7. The van der Waals surface area contributed by atoms with Crippen molar-refractivity contribution in [1.82, 2.24) is 0 Å². The van der Waals surface area contributed by atoms with Crippen molar-refractivity contribution < 1.29 is 63.9 Å². The molecule has 5 nitrogen and oxygen atoms in total. The van der Waals surface area contributed by atoms with Crippen LogP contribution in [0, 0.1) is 16.2 Å². The lowest BCUT2D eigenvalue weighted by atomic mass is 9.89. The molecule has 36 heavy (non-hydrogen) atoms. The first-order chi connectivity index (χ1) is 16.1. The van der Waals surface area contributed by atoms with E-state index >= 15 is 0 Å². The zero-order valence-electron chi connectivity index (χ0n) is 21.1. The highest BCUT2D eigenvalue weighted by atomic mass is 19.4. The van der Waals surface area contributed by atoms with E-state index in [0.29, 0.717) is 13.0 Å². The summed E-state index contributed by atoms with van der Waals surface area (Å²) in [5.74, 6) is -19.4. The van der Waals surface area contributed by atoms with Gasteiger partial charge in [-0.1, -0.05) is 34.6 Å². The molecule has 0 aromatic heterocycles. The van der Waals surface area contributed by atoms with Gasteiger partial charge in [0.15, 0.2) is 0 Å². The van der Waals surface area contributed by atoms with Crippen molar-refractivity contribution in [2.45, 2.75) is 71.4 Å². The van der Waals surface area contributed by atoms with E-state index in [4.69, 9.17) is 14.2 Å². The van der Waals surface area contributed by atoms with Crippen LogP contribution in [0.5, 0.6) is 0 Å². The van der Waals surface area contributed by atoms with Gasteiger partial charge >= 0.3 is 23.9 Å². The minimum absolute atomic E-state index is 0.0520. The number of alkyl halides is 9. The Bertz CT molecular complexity index is 652. The smallest absolute Gasteiger partial charge is 0.396 e. The van der Waals surface area contributed by atoms with Crippen molar-refractivity contribution in [2.24, 2.45) is 16.2 Å². The van der Waals surface area contributed by atoms with Crippen LogP contribution in [0.1, 0.15) is 47.5 Å². The first kappa shape index (κ1) is 35.2. The molecule has 2 N–H and O–H groups in total. The van der Waals surface area contributed by atoms with Crippen LogP contribution < -0.4 is 0 Å². The zero-order chi connectivity index (χ0) is 28.7. The molecular weight excluding hydrogens is 515 g/mol. The van der Waals surface area contributed by atoms with Crippen molar-refractivity contribution in [1.29, 1.82) is 0 Å². The molecule has 0 saturated carbocycles. The van der Waals surface area contributed by atoms with Crippen molar-refractivity contribution in [3.05, 3.63) is 0 Å². The second kappa shape index (κ2) is 12.8. The number of aliphatic hydroxyl groups excluding tert-OH is 2. The first-order valence-corrected chi connectivity index (χ1v) is 11.2. The summed E-state index contributed by atoms with van der Waals surface area (Å²) < 4.78 is 132. The van der Waals surface area contributed by atoms with E-state index in [2.05, 4.69) is 0 Å². The van der Waals surface area contributed by atoms with E-state index in [1.165, 1.54) is 6.92 Å². The molecule has 0 bridgehead atoms. The SMILES string of the molecule is CCC(C)(CO)COCC(C)(C)COCC(C)(CO)COCCC(F)(F)C(F)(F)C(F)(F)C(F)(F)F. The minimum atomic E-state index is -6.94. The van der Waals surface area contributed by atoms with Crippen LogP contribution in [0.2, 0.25) is 0 Å².